The first-order valence-corrected chi connectivity index (χ1v) is 16.8. The van der Waals surface area contributed by atoms with Crippen LogP contribution < -0.4 is 9.80 Å². The van der Waals surface area contributed by atoms with Crippen molar-refractivity contribution >= 4 is 55.7 Å². The zero-order valence-corrected chi connectivity index (χ0v) is 28.0. The number of hydrogen-bond acceptors (Lipinski definition) is 4. The molecule has 0 bridgehead atoms. The molecular weight excluding hydrogens is 613 g/mol. The summed E-state index contributed by atoms with van der Waals surface area (Å²) in [5, 5.41) is 24.2. The van der Waals surface area contributed by atoms with E-state index in [-0.39, 0.29) is 11.5 Å². The van der Waals surface area contributed by atoms with Gasteiger partial charge in [0.2, 0.25) is 0 Å². The van der Waals surface area contributed by atoms with Gasteiger partial charge in [0.05, 0.1) is 0 Å². The number of phenols is 2. The van der Waals surface area contributed by atoms with Crippen LogP contribution in [0.25, 0.3) is 32.7 Å². The molecule has 0 fully saturated rings. The number of phenolic OH excluding ortho intramolecular Hbond substituents is 2. The van der Waals surface area contributed by atoms with Crippen molar-refractivity contribution < 1.29 is 10.2 Å². The van der Waals surface area contributed by atoms with Crippen LogP contribution >= 0.6 is 0 Å². The summed E-state index contributed by atoms with van der Waals surface area (Å²) in [5.74, 6) is 0.534. The maximum absolute atomic E-state index is 10.0. The lowest BCUT2D eigenvalue weighted by atomic mass is 9.98. The van der Waals surface area contributed by atoms with Crippen molar-refractivity contribution in [2.45, 2.75) is 13.8 Å². The van der Waals surface area contributed by atoms with Gasteiger partial charge in [0.15, 0.2) is 0 Å². The van der Waals surface area contributed by atoms with Gasteiger partial charge >= 0.3 is 0 Å². The van der Waals surface area contributed by atoms with Gasteiger partial charge in [-0.2, -0.15) is 0 Å². The first-order chi connectivity index (χ1) is 24.4. The van der Waals surface area contributed by atoms with Crippen molar-refractivity contribution in [2.75, 3.05) is 9.80 Å². The molecule has 0 atom stereocenters. The second-order valence-corrected chi connectivity index (χ2v) is 12.8. The SMILES string of the molecule is Cc1cc(-c2ccc(N(c3ccccc3)c3ccc4cc(O)ccc4c3)c(C)c2)ccc1N(c1ccccc1)c1ccc2cc(O)ccc2c1. The van der Waals surface area contributed by atoms with E-state index in [1.54, 1.807) is 24.3 Å². The average Bonchev–Trinajstić information content (AvgIpc) is 3.14. The number of rotatable bonds is 7. The fraction of sp³-hybridized carbons (Fsp3) is 0.0435. The van der Waals surface area contributed by atoms with Crippen LogP contribution in [0.15, 0.2) is 170 Å². The topological polar surface area (TPSA) is 46.9 Å². The number of anilines is 6. The van der Waals surface area contributed by atoms with Crippen LogP contribution in [-0.2, 0) is 0 Å². The molecule has 4 heteroatoms. The van der Waals surface area contributed by atoms with Gasteiger partial charge in [0.25, 0.3) is 0 Å². The third-order valence-corrected chi connectivity index (χ3v) is 9.37. The molecule has 0 aliphatic heterocycles. The van der Waals surface area contributed by atoms with E-state index in [4.69, 9.17) is 0 Å². The standard InChI is InChI=1S/C46H36N2O2/c1-31-25-33(17-23-45(31)47(39-9-5-3-6-10-39)41-19-13-37-29-43(49)21-15-35(37)27-41)34-18-24-46(32(2)26-34)48(40-11-7-4-8-12-40)42-20-14-38-30-44(50)22-16-36(38)28-42/h3-30,49-50H,1-2H3. The highest BCUT2D eigenvalue weighted by Gasteiger charge is 2.18. The minimum atomic E-state index is 0.267. The molecule has 0 amide bonds. The number of nitrogens with zero attached hydrogens (tertiary/aromatic N) is 2. The fourth-order valence-electron chi connectivity index (χ4n) is 6.90. The van der Waals surface area contributed by atoms with E-state index in [9.17, 15) is 10.2 Å². The minimum Gasteiger partial charge on any atom is -0.508 e. The second-order valence-electron chi connectivity index (χ2n) is 12.8. The van der Waals surface area contributed by atoms with Crippen LogP contribution in [0.5, 0.6) is 11.5 Å². The summed E-state index contributed by atoms with van der Waals surface area (Å²) in [7, 11) is 0. The van der Waals surface area contributed by atoms with Crippen molar-refractivity contribution in [3.63, 3.8) is 0 Å². The van der Waals surface area contributed by atoms with E-state index in [0.717, 1.165) is 77.9 Å². The molecule has 4 nitrogen and oxygen atoms in total. The highest BCUT2D eigenvalue weighted by atomic mass is 16.3. The first-order valence-electron chi connectivity index (χ1n) is 16.8. The molecule has 0 unspecified atom stereocenters. The van der Waals surface area contributed by atoms with Crippen LogP contribution in [0.3, 0.4) is 0 Å². The van der Waals surface area contributed by atoms with Gasteiger partial charge in [-0.15, -0.1) is 0 Å². The predicted molar refractivity (Wildman–Crippen MR) is 209 cm³/mol. The van der Waals surface area contributed by atoms with Crippen molar-refractivity contribution in [1.29, 1.82) is 0 Å². The molecule has 0 saturated carbocycles. The van der Waals surface area contributed by atoms with Crippen LogP contribution in [0.2, 0.25) is 0 Å². The van der Waals surface area contributed by atoms with Crippen LogP contribution in [-0.4, -0.2) is 10.2 Å². The van der Waals surface area contributed by atoms with Crippen LogP contribution in [0.1, 0.15) is 11.1 Å². The Bertz CT molecular complexity index is 2320. The van der Waals surface area contributed by atoms with Crippen LogP contribution in [0.4, 0.5) is 34.1 Å². The Labute approximate surface area is 292 Å². The summed E-state index contributed by atoms with van der Waals surface area (Å²) in [6.45, 7) is 4.34. The number of para-hydroxylation sites is 2. The Morgan fingerprint density at radius 1 is 0.340 bits per heavy atom. The third-order valence-electron chi connectivity index (χ3n) is 9.37. The zero-order valence-electron chi connectivity index (χ0n) is 28.0. The van der Waals surface area contributed by atoms with Gasteiger partial charge in [-0.1, -0.05) is 72.8 Å². The van der Waals surface area contributed by atoms with E-state index in [1.165, 1.54) is 0 Å². The maximum atomic E-state index is 10.0. The molecule has 0 spiro atoms. The summed E-state index contributed by atoms with van der Waals surface area (Å²) < 4.78 is 0. The lowest BCUT2D eigenvalue weighted by molar-refractivity contribution is 0.475. The largest absolute Gasteiger partial charge is 0.508 e. The number of aromatic hydroxyl groups is 2. The van der Waals surface area contributed by atoms with Crippen molar-refractivity contribution in [2.24, 2.45) is 0 Å². The molecule has 8 aromatic rings. The maximum Gasteiger partial charge on any atom is 0.116 e. The monoisotopic (exact) mass is 648 g/mol. The summed E-state index contributed by atoms with van der Waals surface area (Å²) in [5.41, 5.74) is 11.1. The second kappa shape index (κ2) is 12.8. The Morgan fingerprint density at radius 3 is 1.12 bits per heavy atom. The number of fused-ring (bicyclic) bond motifs is 2. The van der Waals surface area contributed by atoms with Gasteiger partial charge in [-0.05, 0) is 155 Å². The average molecular weight is 649 g/mol. The van der Waals surface area contributed by atoms with Crippen molar-refractivity contribution in [3.05, 3.63) is 181 Å². The molecule has 0 aliphatic carbocycles. The van der Waals surface area contributed by atoms with Gasteiger partial charge in [-0.3, -0.25) is 0 Å². The fourth-order valence-corrected chi connectivity index (χ4v) is 6.90. The molecule has 0 heterocycles. The normalized spacial score (nSPS) is 11.2. The molecule has 8 aromatic carbocycles. The van der Waals surface area contributed by atoms with Crippen molar-refractivity contribution in [1.82, 2.24) is 0 Å². The molecule has 0 aliphatic rings. The number of hydrogen-bond donors (Lipinski definition) is 2. The molecule has 50 heavy (non-hydrogen) atoms. The van der Waals surface area contributed by atoms with Crippen molar-refractivity contribution in [3.8, 4) is 22.6 Å². The molecule has 0 radical (unpaired) electrons. The molecule has 242 valence electrons. The smallest absolute Gasteiger partial charge is 0.116 e. The molecule has 0 saturated heterocycles. The Kier molecular flexibility index (Phi) is 7.90. The third kappa shape index (κ3) is 5.88. The van der Waals surface area contributed by atoms with E-state index >= 15 is 0 Å². The minimum absolute atomic E-state index is 0.267. The molecule has 0 aromatic heterocycles. The van der Waals surface area contributed by atoms with E-state index in [0.29, 0.717) is 0 Å². The van der Waals surface area contributed by atoms with Crippen LogP contribution in [0, 0.1) is 13.8 Å². The molecule has 2 N–H and O–H groups in total. The molecular formula is C46H36N2O2. The van der Waals surface area contributed by atoms with Gasteiger partial charge < -0.3 is 20.0 Å². The highest BCUT2D eigenvalue weighted by molar-refractivity contribution is 5.92. The van der Waals surface area contributed by atoms with Gasteiger partial charge in [-0.25, -0.2) is 0 Å². The summed E-state index contributed by atoms with van der Waals surface area (Å²) in [6, 6.07) is 58.0. The highest BCUT2D eigenvalue weighted by Crippen LogP contribution is 2.42. The lowest BCUT2D eigenvalue weighted by Crippen LogP contribution is -2.11. The zero-order chi connectivity index (χ0) is 34.2. The quantitative estimate of drug-likeness (QED) is 0.181. The summed E-state index contributed by atoms with van der Waals surface area (Å²) >= 11 is 0. The summed E-state index contributed by atoms with van der Waals surface area (Å²) in [6.07, 6.45) is 0. The Hall–Kier alpha value is -6.52. The molecule has 8 rings (SSSR count). The lowest BCUT2D eigenvalue weighted by Gasteiger charge is -2.28. The Balaban J connectivity index is 1.17. The first kappa shape index (κ1) is 30.8. The van der Waals surface area contributed by atoms with E-state index < -0.39 is 0 Å². The van der Waals surface area contributed by atoms with E-state index in [1.807, 2.05) is 24.3 Å². The number of aryl methyl sites for hydroxylation is 2. The van der Waals surface area contributed by atoms with E-state index in [2.05, 4.69) is 145 Å². The van der Waals surface area contributed by atoms with Gasteiger partial charge in [0, 0.05) is 34.1 Å². The number of benzene rings is 8. The van der Waals surface area contributed by atoms with Gasteiger partial charge in [0.1, 0.15) is 11.5 Å². The predicted octanol–water partition coefficient (Wildman–Crippen LogP) is 12.6. The summed E-state index contributed by atoms with van der Waals surface area (Å²) in [4.78, 5) is 4.59. The Morgan fingerprint density at radius 2 is 0.720 bits per heavy atom.